The van der Waals surface area contributed by atoms with Gasteiger partial charge in [-0.1, -0.05) is 66.7 Å². The van der Waals surface area contributed by atoms with Gasteiger partial charge in [0.25, 0.3) is 5.91 Å². The zero-order chi connectivity index (χ0) is 22.1. The van der Waals surface area contributed by atoms with Gasteiger partial charge in [0.1, 0.15) is 0 Å². The van der Waals surface area contributed by atoms with E-state index in [1.165, 1.54) is 11.1 Å². The van der Waals surface area contributed by atoms with E-state index in [1.54, 1.807) is 18.2 Å². The number of hydrogen-bond acceptors (Lipinski definition) is 4. The van der Waals surface area contributed by atoms with E-state index >= 15 is 0 Å². The third-order valence-corrected chi connectivity index (χ3v) is 5.09. The van der Waals surface area contributed by atoms with Crippen LogP contribution in [0.5, 0.6) is 0 Å². The van der Waals surface area contributed by atoms with E-state index in [-0.39, 0.29) is 18.4 Å². The van der Waals surface area contributed by atoms with Gasteiger partial charge in [-0.2, -0.15) is 0 Å². The molecule has 0 atom stereocenters. The van der Waals surface area contributed by atoms with Crippen molar-refractivity contribution in [1.29, 1.82) is 0 Å². The van der Waals surface area contributed by atoms with Crippen LogP contribution in [-0.4, -0.2) is 39.1 Å². The SMILES string of the molecule is CN(C)c1cccc(C(=O)OCC(=O)NCCC(c2ccccc2)c2ccccc2)c1. The average molecular weight is 417 g/mol. The van der Waals surface area contributed by atoms with Gasteiger partial charge in [0.05, 0.1) is 5.56 Å². The number of anilines is 1. The Morgan fingerprint density at radius 3 is 2.06 bits per heavy atom. The normalized spacial score (nSPS) is 10.5. The summed E-state index contributed by atoms with van der Waals surface area (Å²) in [5, 5.41) is 2.86. The Balaban J connectivity index is 1.51. The number of carbonyl (C=O) groups is 2. The van der Waals surface area contributed by atoms with E-state index in [9.17, 15) is 9.59 Å². The highest BCUT2D eigenvalue weighted by Gasteiger charge is 2.15. The second kappa shape index (κ2) is 11.0. The molecular weight excluding hydrogens is 388 g/mol. The molecule has 0 aliphatic rings. The van der Waals surface area contributed by atoms with Crippen molar-refractivity contribution in [3.05, 3.63) is 102 Å². The minimum Gasteiger partial charge on any atom is -0.452 e. The zero-order valence-electron chi connectivity index (χ0n) is 18.0. The van der Waals surface area contributed by atoms with Crippen LogP contribution in [0.3, 0.4) is 0 Å². The number of esters is 1. The molecular formula is C26H28N2O3. The highest BCUT2D eigenvalue weighted by atomic mass is 16.5. The molecule has 3 rings (SSSR count). The molecule has 0 saturated carbocycles. The maximum atomic E-state index is 12.3. The molecule has 160 valence electrons. The Hall–Kier alpha value is -3.60. The Bertz CT molecular complexity index is 948. The molecule has 1 N–H and O–H groups in total. The minimum absolute atomic E-state index is 0.180. The Kier molecular flexibility index (Phi) is 7.82. The molecule has 0 aliphatic heterocycles. The van der Waals surface area contributed by atoms with Gasteiger partial charge in [-0.3, -0.25) is 4.79 Å². The second-order valence-corrected chi connectivity index (χ2v) is 7.53. The summed E-state index contributed by atoms with van der Waals surface area (Å²) in [7, 11) is 3.80. The molecule has 3 aromatic carbocycles. The van der Waals surface area contributed by atoms with Gasteiger partial charge in [-0.05, 0) is 35.7 Å². The van der Waals surface area contributed by atoms with Gasteiger partial charge in [0, 0.05) is 32.2 Å². The third-order valence-electron chi connectivity index (χ3n) is 5.09. The first-order valence-electron chi connectivity index (χ1n) is 10.4. The van der Waals surface area contributed by atoms with Crippen molar-refractivity contribution in [1.82, 2.24) is 5.32 Å². The minimum atomic E-state index is -0.509. The highest BCUT2D eigenvalue weighted by Crippen LogP contribution is 2.27. The molecule has 0 bridgehead atoms. The van der Waals surface area contributed by atoms with E-state index in [4.69, 9.17) is 4.74 Å². The predicted molar refractivity (Wildman–Crippen MR) is 123 cm³/mol. The summed E-state index contributed by atoms with van der Waals surface area (Å²) in [6.45, 7) is 0.188. The summed E-state index contributed by atoms with van der Waals surface area (Å²) < 4.78 is 5.18. The maximum absolute atomic E-state index is 12.3. The van der Waals surface area contributed by atoms with Crippen LogP contribution in [-0.2, 0) is 9.53 Å². The molecule has 1 amide bonds. The number of amides is 1. The van der Waals surface area contributed by atoms with Crippen LogP contribution in [0.2, 0.25) is 0 Å². The molecule has 0 spiro atoms. The van der Waals surface area contributed by atoms with Gasteiger partial charge in [0.15, 0.2) is 6.61 Å². The summed E-state index contributed by atoms with van der Waals surface area (Å²) in [6.07, 6.45) is 0.749. The van der Waals surface area contributed by atoms with Gasteiger partial charge >= 0.3 is 5.97 Å². The van der Waals surface area contributed by atoms with Crippen molar-refractivity contribution in [3.8, 4) is 0 Å². The van der Waals surface area contributed by atoms with E-state index in [2.05, 4.69) is 29.6 Å². The summed E-state index contributed by atoms with van der Waals surface area (Å²) in [6, 6.07) is 27.6. The van der Waals surface area contributed by atoms with Crippen LogP contribution in [0, 0.1) is 0 Å². The van der Waals surface area contributed by atoms with E-state index in [1.807, 2.05) is 61.5 Å². The molecule has 0 aliphatic carbocycles. The van der Waals surface area contributed by atoms with Crippen LogP contribution >= 0.6 is 0 Å². The fourth-order valence-electron chi connectivity index (χ4n) is 3.43. The van der Waals surface area contributed by atoms with E-state index < -0.39 is 5.97 Å². The molecule has 31 heavy (non-hydrogen) atoms. The summed E-state index contributed by atoms with van der Waals surface area (Å²) in [4.78, 5) is 26.4. The molecule has 5 nitrogen and oxygen atoms in total. The Morgan fingerprint density at radius 1 is 0.871 bits per heavy atom. The van der Waals surface area contributed by atoms with Crippen molar-refractivity contribution in [2.45, 2.75) is 12.3 Å². The zero-order valence-corrected chi connectivity index (χ0v) is 18.0. The number of ether oxygens (including phenoxy) is 1. The molecule has 5 heteroatoms. The first kappa shape index (κ1) is 22.1. The Labute approximate surface area is 183 Å². The molecule has 0 fully saturated rings. The maximum Gasteiger partial charge on any atom is 0.338 e. The Morgan fingerprint density at radius 2 is 1.48 bits per heavy atom. The molecule has 0 radical (unpaired) electrons. The van der Waals surface area contributed by atoms with Crippen LogP contribution in [0.25, 0.3) is 0 Å². The molecule has 0 unspecified atom stereocenters. The quantitative estimate of drug-likeness (QED) is 0.530. The smallest absolute Gasteiger partial charge is 0.338 e. The molecule has 0 aromatic heterocycles. The predicted octanol–water partition coefficient (Wildman–Crippen LogP) is 4.25. The summed E-state index contributed by atoms with van der Waals surface area (Å²) >= 11 is 0. The summed E-state index contributed by atoms with van der Waals surface area (Å²) in [5.74, 6) is -0.638. The molecule has 3 aromatic rings. The first-order valence-corrected chi connectivity index (χ1v) is 10.4. The summed E-state index contributed by atoms with van der Waals surface area (Å²) in [5.41, 5.74) is 3.73. The van der Waals surface area contributed by atoms with E-state index in [0.29, 0.717) is 12.1 Å². The number of benzene rings is 3. The average Bonchev–Trinajstić information content (AvgIpc) is 2.81. The highest BCUT2D eigenvalue weighted by molar-refractivity contribution is 5.92. The van der Waals surface area contributed by atoms with Crippen LogP contribution in [0.1, 0.15) is 33.8 Å². The molecule has 0 saturated heterocycles. The van der Waals surface area contributed by atoms with Crippen LogP contribution < -0.4 is 10.2 Å². The van der Waals surface area contributed by atoms with Gasteiger partial charge in [-0.15, -0.1) is 0 Å². The fraction of sp³-hybridized carbons (Fsp3) is 0.231. The van der Waals surface area contributed by atoms with Crippen molar-refractivity contribution in [3.63, 3.8) is 0 Å². The van der Waals surface area contributed by atoms with Crippen LogP contribution in [0.4, 0.5) is 5.69 Å². The van der Waals surface area contributed by atoms with Crippen molar-refractivity contribution in [2.24, 2.45) is 0 Å². The van der Waals surface area contributed by atoms with E-state index in [0.717, 1.165) is 12.1 Å². The second-order valence-electron chi connectivity index (χ2n) is 7.53. The number of hydrogen-bond donors (Lipinski definition) is 1. The number of rotatable bonds is 9. The lowest BCUT2D eigenvalue weighted by Crippen LogP contribution is -2.30. The van der Waals surface area contributed by atoms with Gasteiger partial charge < -0.3 is 15.0 Å². The van der Waals surface area contributed by atoms with Gasteiger partial charge in [0.2, 0.25) is 0 Å². The van der Waals surface area contributed by atoms with Crippen molar-refractivity contribution in [2.75, 3.05) is 32.1 Å². The van der Waals surface area contributed by atoms with Crippen molar-refractivity contribution < 1.29 is 14.3 Å². The van der Waals surface area contributed by atoms with Crippen LogP contribution in [0.15, 0.2) is 84.9 Å². The third kappa shape index (κ3) is 6.44. The lowest BCUT2D eigenvalue weighted by Gasteiger charge is -2.18. The molecule has 0 heterocycles. The lowest BCUT2D eigenvalue weighted by molar-refractivity contribution is -0.124. The first-order chi connectivity index (χ1) is 15.0. The number of nitrogens with zero attached hydrogens (tertiary/aromatic N) is 1. The standard InChI is InChI=1S/C26H28N2O3/c1-28(2)23-15-9-14-22(18-23)26(30)31-19-25(29)27-17-16-24(20-10-5-3-6-11-20)21-12-7-4-8-13-21/h3-15,18,24H,16-17,19H2,1-2H3,(H,27,29). The fourth-order valence-corrected chi connectivity index (χ4v) is 3.43. The lowest BCUT2D eigenvalue weighted by atomic mass is 9.88. The number of carbonyl (C=O) groups excluding carboxylic acids is 2. The van der Waals surface area contributed by atoms with Gasteiger partial charge in [-0.25, -0.2) is 4.79 Å². The topological polar surface area (TPSA) is 58.6 Å². The number of nitrogens with one attached hydrogen (secondary N) is 1. The monoisotopic (exact) mass is 416 g/mol. The van der Waals surface area contributed by atoms with Crippen molar-refractivity contribution >= 4 is 17.6 Å². The largest absolute Gasteiger partial charge is 0.452 e.